The minimum absolute atomic E-state index is 0.0257. The van der Waals surface area contributed by atoms with Gasteiger partial charge >= 0.3 is 0 Å². The molecular weight excluding hydrogens is 340 g/mol. The molecule has 6 heteroatoms. The zero-order chi connectivity index (χ0) is 15.5. The highest BCUT2D eigenvalue weighted by atomic mass is 79.9. The standard InChI is InChI=1S/C14H23BrN2O2S/c1-7-17(20(18)14(3,4)5)10(2)12-8-11(15)13(19-6)9-16-12/h8-10H,7H2,1-6H3. The van der Waals surface area contributed by atoms with Crippen LogP contribution in [0, 0.1) is 0 Å². The van der Waals surface area contributed by atoms with Crippen molar-refractivity contribution in [3.05, 3.63) is 22.4 Å². The second-order valence-corrected chi connectivity index (χ2v) is 8.56. The molecule has 1 rings (SSSR count). The summed E-state index contributed by atoms with van der Waals surface area (Å²) in [7, 11) is 1.61. The van der Waals surface area contributed by atoms with Gasteiger partial charge in [-0.25, -0.2) is 0 Å². The highest BCUT2D eigenvalue weighted by Gasteiger charge is 2.36. The highest BCUT2D eigenvalue weighted by Crippen LogP contribution is 2.31. The molecule has 1 aromatic rings. The van der Waals surface area contributed by atoms with Crippen LogP contribution in [0.4, 0.5) is 0 Å². The van der Waals surface area contributed by atoms with Crippen molar-refractivity contribution in [3.8, 4) is 5.75 Å². The first-order chi connectivity index (χ1) is 9.22. The minimum Gasteiger partial charge on any atom is -0.597 e. The monoisotopic (exact) mass is 362 g/mol. The van der Waals surface area contributed by atoms with Crippen LogP contribution >= 0.6 is 15.9 Å². The van der Waals surface area contributed by atoms with E-state index in [1.54, 1.807) is 13.3 Å². The number of aromatic nitrogens is 1. The number of ether oxygens (including phenoxy) is 1. The van der Waals surface area contributed by atoms with Crippen molar-refractivity contribution in [3.63, 3.8) is 0 Å². The van der Waals surface area contributed by atoms with E-state index in [1.165, 1.54) is 0 Å². The van der Waals surface area contributed by atoms with Crippen LogP contribution < -0.4 is 4.74 Å². The van der Waals surface area contributed by atoms with Crippen LogP contribution in [0.25, 0.3) is 0 Å². The molecule has 0 amide bonds. The number of methoxy groups -OCH3 is 1. The lowest BCUT2D eigenvalue weighted by molar-refractivity contribution is 0.338. The van der Waals surface area contributed by atoms with E-state index in [1.807, 2.05) is 45.0 Å². The van der Waals surface area contributed by atoms with Gasteiger partial charge in [-0.2, -0.15) is 0 Å². The van der Waals surface area contributed by atoms with Gasteiger partial charge in [-0.1, -0.05) is 0 Å². The molecule has 0 spiro atoms. The predicted molar refractivity (Wildman–Crippen MR) is 87.2 cm³/mol. The summed E-state index contributed by atoms with van der Waals surface area (Å²) in [4.78, 5) is 4.41. The molecule has 0 aliphatic carbocycles. The van der Waals surface area contributed by atoms with E-state index in [9.17, 15) is 4.55 Å². The lowest BCUT2D eigenvalue weighted by Crippen LogP contribution is -2.44. The van der Waals surface area contributed by atoms with Gasteiger partial charge in [0.25, 0.3) is 0 Å². The Morgan fingerprint density at radius 2 is 2.10 bits per heavy atom. The summed E-state index contributed by atoms with van der Waals surface area (Å²) < 4.78 is 20.3. The Balaban J connectivity index is 3.02. The fourth-order valence-electron chi connectivity index (χ4n) is 1.85. The maximum atomic E-state index is 12.6. The Labute approximate surface area is 133 Å². The first-order valence-electron chi connectivity index (χ1n) is 6.60. The van der Waals surface area contributed by atoms with Crippen LogP contribution in [-0.4, -0.2) is 32.2 Å². The van der Waals surface area contributed by atoms with Crippen molar-refractivity contribution in [2.45, 2.75) is 45.4 Å². The minimum atomic E-state index is -1.07. The summed E-state index contributed by atoms with van der Waals surface area (Å²) in [6, 6.07) is 1.90. The van der Waals surface area contributed by atoms with E-state index < -0.39 is 11.4 Å². The Kier molecular flexibility index (Phi) is 6.31. The summed E-state index contributed by atoms with van der Waals surface area (Å²) in [5, 5.41) is 0. The molecule has 2 unspecified atom stereocenters. The predicted octanol–water partition coefficient (Wildman–Crippen LogP) is 3.70. The number of pyridine rings is 1. The quantitative estimate of drug-likeness (QED) is 0.749. The molecule has 0 aliphatic heterocycles. The van der Waals surface area contributed by atoms with E-state index >= 15 is 0 Å². The number of hydrogen-bond acceptors (Lipinski definition) is 4. The van der Waals surface area contributed by atoms with Crippen molar-refractivity contribution in [2.75, 3.05) is 13.7 Å². The number of nitrogens with zero attached hydrogens (tertiary/aromatic N) is 2. The molecule has 0 N–H and O–H groups in total. The first-order valence-corrected chi connectivity index (χ1v) is 8.50. The number of rotatable bonds is 5. The molecule has 2 atom stereocenters. The van der Waals surface area contributed by atoms with E-state index in [0.29, 0.717) is 12.3 Å². The van der Waals surface area contributed by atoms with Crippen molar-refractivity contribution >= 4 is 27.3 Å². The van der Waals surface area contributed by atoms with Crippen LogP contribution in [0.5, 0.6) is 5.75 Å². The summed E-state index contributed by atoms with van der Waals surface area (Å²) >= 11 is 2.39. The Morgan fingerprint density at radius 1 is 1.50 bits per heavy atom. The largest absolute Gasteiger partial charge is 0.597 e. The van der Waals surface area contributed by atoms with Gasteiger partial charge in [-0.05, 0) is 56.6 Å². The zero-order valence-electron chi connectivity index (χ0n) is 12.9. The molecule has 20 heavy (non-hydrogen) atoms. The van der Waals surface area contributed by atoms with Gasteiger partial charge in [0.05, 0.1) is 29.5 Å². The Bertz CT molecular complexity index is 451. The average Bonchev–Trinajstić information content (AvgIpc) is 2.38. The molecule has 0 radical (unpaired) electrons. The smallest absolute Gasteiger partial charge is 0.151 e. The van der Waals surface area contributed by atoms with Gasteiger partial charge in [-0.3, -0.25) is 4.98 Å². The normalized spacial score (nSPS) is 15.2. The van der Waals surface area contributed by atoms with E-state index in [4.69, 9.17) is 4.74 Å². The van der Waals surface area contributed by atoms with Gasteiger partial charge in [0.1, 0.15) is 4.75 Å². The molecule has 114 valence electrons. The lowest BCUT2D eigenvalue weighted by Gasteiger charge is -2.35. The third-order valence-electron chi connectivity index (χ3n) is 2.97. The topological polar surface area (TPSA) is 48.4 Å². The molecule has 1 aromatic heterocycles. The van der Waals surface area contributed by atoms with Crippen molar-refractivity contribution < 1.29 is 9.29 Å². The zero-order valence-corrected chi connectivity index (χ0v) is 15.3. The van der Waals surface area contributed by atoms with E-state index in [2.05, 4.69) is 20.9 Å². The molecular formula is C14H23BrN2O2S. The van der Waals surface area contributed by atoms with Gasteiger partial charge < -0.3 is 9.29 Å². The molecule has 0 saturated heterocycles. The Hall–Kier alpha value is -0.300. The lowest BCUT2D eigenvalue weighted by atomic mass is 10.2. The van der Waals surface area contributed by atoms with E-state index in [0.717, 1.165) is 10.2 Å². The maximum Gasteiger partial charge on any atom is 0.151 e. The molecule has 1 heterocycles. The van der Waals surface area contributed by atoms with Crippen molar-refractivity contribution in [2.24, 2.45) is 0 Å². The average molecular weight is 363 g/mol. The van der Waals surface area contributed by atoms with Crippen LogP contribution in [0.15, 0.2) is 16.7 Å². The van der Waals surface area contributed by atoms with Crippen molar-refractivity contribution in [1.29, 1.82) is 0 Å². The molecule has 4 nitrogen and oxygen atoms in total. The van der Waals surface area contributed by atoms with Crippen LogP contribution in [0.1, 0.15) is 46.4 Å². The van der Waals surface area contributed by atoms with Gasteiger partial charge in [0.2, 0.25) is 0 Å². The fraction of sp³-hybridized carbons (Fsp3) is 0.643. The summed E-state index contributed by atoms with van der Waals surface area (Å²) in [6.07, 6.45) is 1.68. The Morgan fingerprint density at radius 3 is 2.50 bits per heavy atom. The first kappa shape index (κ1) is 17.8. The third kappa shape index (κ3) is 4.10. The molecule has 0 aliphatic rings. The molecule has 0 bridgehead atoms. The summed E-state index contributed by atoms with van der Waals surface area (Å²) in [5.74, 6) is 0.695. The van der Waals surface area contributed by atoms with Gasteiger partial charge in [-0.15, -0.1) is 4.31 Å². The van der Waals surface area contributed by atoms with Gasteiger partial charge in [0, 0.05) is 17.9 Å². The third-order valence-corrected chi connectivity index (χ3v) is 5.64. The van der Waals surface area contributed by atoms with Gasteiger partial charge in [0.15, 0.2) is 5.75 Å². The van der Waals surface area contributed by atoms with E-state index in [-0.39, 0.29) is 10.8 Å². The van der Waals surface area contributed by atoms with Crippen LogP contribution in [0.3, 0.4) is 0 Å². The molecule has 0 aromatic carbocycles. The van der Waals surface area contributed by atoms with Crippen LogP contribution in [-0.2, 0) is 11.4 Å². The molecule has 0 saturated carbocycles. The fourth-order valence-corrected chi connectivity index (χ4v) is 3.68. The highest BCUT2D eigenvalue weighted by molar-refractivity contribution is 9.10. The number of hydrogen-bond donors (Lipinski definition) is 0. The maximum absolute atomic E-state index is 12.6. The second kappa shape index (κ2) is 7.11. The van der Waals surface area contributed by atoms with Crippen molar-refractivity contribution in [1.82, 2.24) is 9.29 Å². The number of halogens is 1. The SMILES string of the molecule is CCN(C(C)c1cc(Br)c(OC)cn1)[S+]([O-])C(C)(C)C. The summed E-state index contributed by atoms with van der Waals surface area (Å²) in [6.45, 7) is 10.7. The van der Waals surface area contributed by atoms with Crippen LogP contribution in [0.2, 0.25) is 0 Å². The molecule has 0 fully saturated rings. The second-order valence-electron chi connectivity index (χ2n) is 5.51. The summed E-state index contributed by atoms with van der Waals surface area (Å²) in [5.41, 5.74) is 0.872.